The van der Waals surface area contributed by atoms with E-state index in [0.717, 1.165) is 18.5 Å². The van der Waals surface area contributed by atoms with Crippen molar-refractivity contribution in [2.45, 2.75) is 12.8 Å². The lowest BCUT2D eigenvalue weighted by Gasteiger charge is -2.27. The van der Waals surface area contributed by atoms with E-state index >= 15 is 0 Å². The number of hydrogen-bond donors (Lipinski definition) is 1. The highest BCUT2D eigenvalue weighted by Crippen LogP contribution is 2.27. The lowest BCUT2D eigenvalue weighted by Crippen LogP contribution is -2.24. The van der Waals surface area contributed by atoms with Crippen molar-refractivity contribution >= 4 is 11.4 Å². The van der Waals surface area contributed by atoms with Crippen molar-refractivity contribution in [2.24, 2.45) is 5.73 Å². The van der Waals surface area contributed by atoms with Gasteiger partial charge in [-0.25, -0.2) is 0 Å². The van der Waals surface area contributed by atoms with Gasteiger partial charge >= 0.3 is 0 Å². The third-order valence-electron chi connectivity index (χ3n) is 2.80. The molecule has 14 heavy (non-hydrogen) atoms. The van der Waals surface area contributed by atoms with E-state index < -0.39 is 0 Å². The number of benzene rings is 1. The Kier molecular flexibility index (Phi) is 2.20. The molecule has 0 fully saturated rings. The van der Waals surface area contributed by atoms with Crippen LogP contribution in [0.25, 0.3) is 5.70 Å². The zero-order chi connectivity index (χ0) is 10.1. The molecule has 1 aromatic carbocycles. The molecule has 0 saturated heterocycles. The monoisotopic (exact) mass is 188 g/mol. The third kappa shape index (κ3) is 1.48. The van der Waals surface area contributed by atoms with Gasteiger partial charge in [-0.15, -0.1) is 0 Å². The summed E-state index contributed by atoms with van der Waals surface area (Å²) >= 11 is 0. The van der Waals surface area contributed by atoms with Crippen molar-refractivity contribution in [3.05, 3.63) is 35.9 Å². The van der Waals surface area contributed by atoms with E-state index in [0.29, 0.717) is 5.70 Å². The molecule has 0 radical (unpaired) electrons. The van der Waals surface area contributed by atoms with Gasteiger partial charge in [-0.3, -0.25) is 0 Å². The van der Waals surface area contributed by atoms with Crippen LogP contribution in [-0.4, -0.2) is 13.6 Å². The molecule has 2 nitrogen and oxygen atoms in total. The first-order valence-electron chi connectivity index (χ1n) is 4.97. The van der Waals surface area contributed by atoms with E-state index in [2.05, 4.69) is 30.7 Å². The number of nitrogens with two attached hydrogens (primary N) is 1. The van der Waals surface area contributed by atoms with Gasteiger partial charge in [0.25, 0.3) is 0 Å². The van der Waals surface area contributed by atoms with Crippen LogP contribution in [0.2, 0.25) is 0 Å². The minimum Gasteiger partial charge on any atom is -0.399 e. The van der Waals surface area contributed by atoms with Crippen LogP contribution >= 0.6 is 0 Å². The molecule has 2 rings (SSSR count). The Hall–Kier alpha value is -1.44. The normalized spacial score (nSPS) is 15.1. The molecule has 0 aliphatic carbocycles. The molecule has 0 atom stereocenters. The zero-order valence-electron chi connectivity index (χ0n) is 8.59. The van der Waals surface area contributed by atoms with Crippen LogP contribution in [-0.2, 0) is 6.42 Å². The van der Waals surface area contributed by atoms with Gasteiger partial charge < -0.3 is 10.6 Å². The maximum atomic E-state index is 5.67. The lowest BCUT2D eigenvalue weighted by molar-refractivity contribution is 0.744. The fraction of sp³-hybridized carbons (Fsp3) is 0.333. The molecule has 1 aliphatic heterocycles. The Morgan fingerprint density at radius 2 is 2.29 bits per heavy atom. The van der Waals surface area contributed by atoms with E-state index in [4.69, 9.17) is 5.73 Å². The van der Waals surface area contributed by atoms with E-state index in [1.165, 1.54) is 17.7 Å². The minimum absolute atomic E-state index is 0.654. The summed E-state index contributed by atoms with van der Waals surface area (Å²) in [7, 11) is 2.13. The van der Waals surface area contributed by atoms with Crippen LogP contribution in [0.4, 0.5) is 5.69 Å². The summed E-state index contributed by atoms with van der Waals surface area (Å²) in [5.41, 5.74) is 10.1. The summed E-state index contributed by atoms with van der Waals surface area (Å²) < 4.78 is 0. The number of aryl methyl sites for hydroxylation is 1. The topological polar surface area (TPSA) is 29.3 Å². The molecule has 0 bridgehead atoms. The van der Waals surface area contributed by atoms with Gasteiger partial charge in [0.2, 0.25) is 0 Å². The maximum Gasteiger partial charge on any atom is 0.0396 e. The van der Waals surface area contributed by atoms with Crippen molar-refractivity contribution in [2.75, 3.05) is 18.5 Å². The molecule has 2 heteroatoms. The molecule has 1 aromatic rings. The molecule has 1 aliphatic rings. The van der Waals surface area contributed by atoms with Gasteiger partial charge in [0.15, 0.2) is 0 Å². The lowest BCUT2D eigenvalue weighted by atomic mass is 9.99. The first-order chi connectivity index (χ1) is 6.68. The minimum atomic E-state index is 0.654. The number of nitrogens with zero attached hydrogens (tertiary/aromatic N) is 1. The van der Waals surface area contributed by atoms with Crippen molar-refractivity contribution in [1.82, 2.24) is 0 Å². The fourth-order valence-corrected chi connectivity index (χ4v) is 1.99. The SMILES string of the molecule is C=C(N)c1ccc2c(c1)CCCN2C. The van der Waals surface area contributed by atoms with Gasteiger partial charge in [0.05, 0.1) is 0 Å². The summed E-state index contributed by atoms with van der Waals surface area (Å²) in [5, 5.41) is 0. The molecular weight excluding hydrogens is 172 g/mol. The van der Waals surface area contributed by atoms with Crippen LogP contribution in [0.15, 0.2) is 24.8 Å². The molecule has 0 amide bonds. The molecule has 0 saturated carbocycles. The van der Waals surface area contributed by atoms with Crippen molar-refractivity contribution in [1.29, 1.82) is 0 Å². The van der Waals surface area contributed by atoms with Gasteiger partial charge in [-0.05, 0) is 36.1 Å². The highest BCUT2D eigenvalue weighted by atomic mass is 15.1. The molecular formula is C12H16N2. The van der Waals surface area contributed by atoms with Gasteiger partial charge in [0, 0.05) is 25.0 Å². The van der Waals surface area contributed by atoms with Crippen molar-refractivity contribution < 1.29 is 0 Å². The standard InChI is InChI=1S/C12H16N2/c1-9(13)10-5-6-12-11(8-10)4-3-7-14(12)2/h5-6,8H,1,3-4,7,13H2,2H3. The van der Waals surface area contributed by atoms with Gasteiger partial charge in [-0.2, -0.15) is 0 Å². The number of anilines is 1. The Morgan fingerprint density at radius 1 is 1.50 bits per heavy atom. The number of rotatable bonds is 1. The summed E-state index contributed by atoms with van der Waals surface area (Å²) in [4.78, 5) is 2.29. The van der Waals surface area contributed by atoms with E-state index in [9.17, 15) is 0 Å². The van der Waals surface area contributed by atoms with E-state index in [1.807, 2.05) is 6.07 Å². The third-order valence-corrected chi connectivity index (χ3v) is 2.80. The average molecular weight is 188 g/mol. The summed E-state index contributed by atoms with van der Waals surface area (Å²) in [5.74, 6) is 0. The number of hydrogen-bond acceptors (Lipinski definition) is 2. The second-order valence-electron chi connectivity index (χ2n) is 3.89. The second-order valence-corrected chi connectivity index (χ2v) is 3.89. The second kappa shape index (κ2) is 3.37. The van der Waals surface area contributed by atoms with Crippen LogP contribution in [0.3, 0.4) is 0 Å². The molecule has 0 spiro atoms. The molecule has 1 heterocycles. The van der Waals surface area contributed by atoms with Crippen molar-refractivity contribution in [3.8, 4) is 0 Å². The van der Waals surface area contributed by atoms with Crippen LogP contribution < -0.4 is 10.6 Å². The first-order valence-corrected chi connectivity index (χ1v) is 4.97. The Bertz CT molecular complexity index is 369. The molecule has 0 unspecified atom stereocenters. The zero-order valence-corrected chi connectivity index (χ0v) is 8.59. The highest BCUT2D eigenvalue weighted by molar-refractivity contribution is 5.66. The summed E-state index contributed by atoms with van der Waals surface area (Å²) in [6.07, 6.45) is 2.38. The Labute approximate surface area is 85.0 Å². The Morgan fingerprint density at radius 3 is 3.00 bits per heavy atom. The van der Waals surface area contributed by atoms with E-state index in [1.54, 1.807) is 0 Å². The fourth-order valence-electron chi connectivity index (χ4n) is 1.99. The van der Waals surface area contributed by atoms with Gasteiger partial charge in [-0.1, -0.05) is 12.6 Å². The summed E-state index contributed by atoms with van der Waals surface area (Å²) in [6.45, 7) is 4.91. The van der Waals surface area contributed by atoms with Gasteiger partial charge in [0.1, 0.15) is 0 Å². The predicted molar refractivity (Wildman–Crippen MR) is 61.3 cm³/mol. The van der Waals surface area contributed by atoms with Crippen molar-refractivity contribution in [3.63, 3.8) is 0 Å². The number of fused-ring (bicyclic) bond motifs is 1. The predicted octanol–water partition coefficient (Wildman–Crippen LogP) is 2.00. The molecule has 2 N–H and O–H groups in total. The van der Waals surface area contributed by atoms with Crippen LogP contribution in [0, 0.1) is 0 Å². The van der Waals surface area contributed by atoms with Crippen LogP contribution in [0.5, 0.6) is 0 Å². The maximum absolute atomic E-state index is 5.67. The molecule has 0 aromatic heterocycles. The Balaban J connectivity index is 2.44. The molecule has 74 valence electrons. The average Bonchev–Trinajstić information content (AvgIpc) is 2.17. The quantitative estimate of drug-likeness (QED) is 0.730. The summed E-state index contributed by atoms with van der Waals surface area (Å²) in [6, 6.07) is 6.35. The van der Waals surface area contributed by atoms with E-state index in [-0.39, 0.29) is 0 Å². The largest absolute Gasteiger partial charge is 0.399 e. The first kappa shape index (κ1) is 9.13. The van der Waals surface area contributed by atoms with Crippen LogP contribution in [0.1, 0.15) is 17.5 Å². The highest BCUT2D eigenvalue weighted by Gasteiger charge is 2.13. The smallest absolute Gasteiger partial charge is 0.0396 e.